The SMILES string of the molecule is COc1cccc(CC2(C)NCC(C)(C)CO2)c1. The highest BCUT2D eigenvalue weighted by Gasteiger charge is 2.35. The molecule has 2 rings (SSSR count). The van der Waals surface area contributed by atoms with Gasteiger partial charge in [-0.05, 0) is 24.6 Å². The summed E-state index contributed by atoms with van der Waals surface area (Å²) >= 11 is 0. The molecule has 1 aliphatic rings. The highest BCUT2D eigenvalue weighted by molar-refractivity contribution is 5.29. The summed E-state index contributed by atoms with van der Waals surface area (Å²) in [6, 6.07) is 8.16. The van der Waals surface area contributed by atoms with Crippen LogP contribution in [0, 0.1) is 5.41 Å². The van der Waals surface area contributed by atoms with Crippen LogP contribution in [0.25, 0.3) is 0 Å². The molecule has 1 aromatic rings. The van der Waals surface area contributed by atoms with E-state index >= 15 is 0 Å². The average Bonchev–Trinajstić information content (AvgIpc) is 2.34. The molecule has 0 spiro atoms. The molecule has 18 heavy (non-hydrogen) atoms. The fourth-order valence-corrected chi connectivity index (χ4v) is 2.17. The molecule has 0 saturated carbocycles. The predicted octanol–water partition coefficient (Wildman–Crippen LogP) is 2.60. The van der Waals surface area contributed by atoms with Crippen LogP contribution in [0.15, 0.2) is 24.3 Å². The van der Waals surface area contributed by atoms with E-state index in [1.54, 1.807) is 7.11 Å². The topological polar surface area (TPSA) is 30.5 Å². The molecule has 0 bridgehead atoms. The van der Waals surface area contributed by atoms with Crippen molar-refractivity contribution in [3.05, 3.63) is 29.8 Å². The first kappa shape index (κ1) is 13.4. The van der Waals surface area contributed by atoms with E-state index in [2.05, 4.69) is 38.2 Å². The zero-order valence-electron chi connectivity index (χ0n) is 11.7. The molecule has 1 unspecified atom stereocenters. The van der Waals surface area contributed by atoms with Gasteiger partial charge in [-0.15, -0.1) is 0 Å². The Morgan fingerprint density at radius 1 is 1.33 bits per heavy atom. The summed E-state index contributed by atoms with van der Waals surface area (Å²) < 4.78 is 11.3. The van der Waals surface area contributed by atoms with Crippen molar-refractivity contribution < 1.29 is 9.47 Å². The van der Waals surface area contributed by atoms with Gasteiger partial charge >= 0.3 is 0 Å². The molecule has 3 nitrogen and oxygen atoms in total. The highest BCUT2D eigenvalue weighted by Crippen LogP contribution is 2.27. The first-order valence-corrected chi connectivity index (χ1v) is 6.44. The summed E-state index contributed by atoms with van der Waals surface area (Å²) in [6.45, 7) is 8.31. The molecule has 1 heterocycles. The van der Waals surface area contributed by atoms with Gasteiger partial charge in [-0.2, -0.15) is 0 Å². The van der Waals surface area contributed by atoms with Crippen molar-refractivity contribution in [1.82, 2.24) is 5.32 Å². The number of nitrogens with one attached hydrogen (secondary N) is 1. The Kier molecular flexibility index (Phi) is 3.64. The molecular weight excluding hydrogens is 226 g/mol. The maximum atomic E-state index is 6.01. The molecule has 1 saturated heterocycles. The van der Waals surface area contributed by atoms with Crippen LogP contribution in [0.2, 0.25) is 0 Å². The van der Waals surface area contributed by atoms with E-state index in [0.717, 1.165) is 25.3 Å². The van der Waals surface area contributed by atoms with Gasteiger partial charge in [0.15, 0.2) is 0 Å². The van der Waals surface area contributed by atoms with Crippen molar-refractivity contribution >= 4 is 0 Å². The van der Waals surface area contributed by atoms with Gasteiger partial charge in [-0.1, -0.05) is 26.0 Å². The van der Waals surface area contributed by atoms with Crippen LogP contribution < -0.4 is 10.1 Å². The van der Waals surface area contributed by atoms with Crippen LogP contribution in [0.3, 0.4) is 0 Å². The Morgan fingerprint density at radius 3 is 2.72 bits per heavy atom. The monoisotopic (exact) mass is 249 g/mol. The molecular formula is C15H23NO2. The lowest BCUT2D eigenvalue weighted by Gasteiger charge is -2.42. The lowest BCUT2D eigenvalue weighted by molar-refractivity contribution is -0.125. The molecule has 1 N–H and O–H groups in total. The third-order valence-electron chi connectivity index (χ3n) is 3.40. The molecule has 0 radical (unpaired) electrons. The third kappa shape index (κ3) is 3.24. The molecule has 3 heteroatoms. The highest BCUT2D eigenvalue weighted by atomic mass is 16.5. The minimum atomic E-state index is -0.276. The van der Waals surface area contributed by atoms with Crippen LogP contribution in [-0.4, -0.2) is 26.0 Å². The molecule has 1 aliphatic heterocycles. The van der Waals surface area contributed by atoms with Gasteiger partial charge in [0.05, 0.1) is 13.7 Å². The van der Waals surface area contributed by atoms with Crippen molar-refractivity contribution in [2.24, 2.45) is 5.41 Å². The Bertz CT molecular complexity index is 405. The standard InChI is InChI=1S/C15H23NO2/c1-14(2)10-16-15(3,18-11-14)9-12-6-5-7-13(8-12)17-4/h5-8,16H,9-11H2,1-4H3. The van der Waals surface area contributed by atoms with E-state index in [1.807, 2.05) is 12.1 Å². The van der Waals surface area contributed by atoms with E-state index in [4.69, 9.17) is 9.47 Å². The van der Waals surface area contributed by atoms with Gasteiger partial charge in [-0.3, -0.25) is 5.32 Å². The number of rotatable bonds is 3. The van der Waals surface area contributed by atoms with E-state index in [9.17, 15) is 0 Å². The average molecular weight is 249 g/mol. The Labute approximate surface area is 109 Å². The van der Waals surface area contributed by atoms with Crippen LogP contribution in [0.4, 0.5) is 0 Å². The Hall–Kier alpha value is -1.06. The predicted molar refractivity (Wildman–Crippen MR) is 72.8 cm³/mol. The molecule has 0 aromatic heterocycles. The summed E-state index contributed by atoms with van der Waals surface area (Å²) in [6.07, 6.45) is 0.848. The Balaban J connectivity index is 2.04. The lowest BCUT2D eigenvalue weighted by Crippen LogP contribution is -2.56. The van der Waals surface area contributed by atoms with E-state index in [1.165, 1.54) is 5.56 Å². The second-order valence-electron chi connectivity index (χ2n) is 6.07. The second kappa shape index (κ2) is 4.90. The fourth-order valence-electron chi connectivity index (χ4n) is 2.17. The van der Waals surface area contributed by atoms with Gasteiger partial charge in [-0.25, -0.2) is 0 Å². The van der Waals surface area contributed by atoms with Crippen molar-refractivity contribution in [2.45, 2.75) is 32.9 Å². The molecule has 1 fully saturated rings. The molecule has 1 aromatic carbocycles. The zero-order chi connectivity index (χ0) is 13.2. The van der Waals surface area contributed by atoms with E-state index < -0.39 is 0 Å². The third-order valence-corrected chi connectivity index (χ3v) is 3.40. The quantitative estimate of drug-likeness (QED) is 0.893. The fraction of sp³-hybridized carbons (Fsp3) is 0.600. The first-order valence-electron chi connectivity index (χ1n) is 6.44. The van der Waals surface area contributed by atoms with Crippen molar-refractivity contribution in [3.63, 3.8) is 0 Å². The number of methoxy groups -OCH3 is 1. The normalized spacial score (nSPS) is 26.9. The second-order valence-corrected chi connectivity index (χ2v) is 6.07. The van der Waals surface area contributed by atoms with Gasteiger partial charge in [0.25, 0.3) is 0 Å². The van der Waals surface area contributed by atoms with Crippen LogP contribution in [-0.2, 0) is 11.2 Å². The number of ether oxygens (including phenoxy) is 2. The lowest BCUT2D eigenvalue weighted by atomic mass is 9.90. The molecule has 0 aliphatic carbocycles. The van der Waals surface area contributed by atoms with Gasteiger partial charge < -0.3 is 9.47 Å². The maximum Gasteiger partial charge on any atom is 0.120 e. The summed E-state index contributed by atoms with van der Waals surface area (Å²) in [5.41, 5.74) is 1.17. The van der Waals surface area contributed by atoms with Gasteiger partial charge in [0.1, 0.15) is 11.5 Å². The van der Waals surface area contributed by atoms with Gasteiger partial charge in [0, 0.05) is 18.4 Å². The number of benzene rings is 1. The van der Waals surface area contributed by atoms with Gasteiger partial charge in [0.2, 0.25) is 0 Å². The first-order chi connectivity index (χ1) is 8.42. The number of hydrogen-bond acceptors (Lipinski definition) is 3. The smallest absolute Gasteiger partial charge is 0.120 e. The largest absolute Gasteiger partial charge is 0.497 e. The van der Waals surface area contributed by atoms with Crippen LogP contribution >= 0.6 is 0 Å². The zero-order valence-corrected chi connectivity index (χ0v) is 11.7. The minimum Gasteiger partial charge on any atom is -0.497 e. The summed E-state index contributed by atoms with van der Waals surface area (Å²) in [5.74, 6) is 0.896. The summed E-state index contributed by atoms with van der Waals surface area (Å²) in [7, 11) is 1.69. The minimum absolute atomic E-state index is 0.216. The van der Waals surface area contributed by atoms with Crippen molar-refractivity contribution in [1.29, 1.82) is 0 Å². The van der Waals surface area contributed by atoms with Crippen molar-refractivity contribution in [2.75, 3.05) is 20.3 Å². The van der Waals surface area contributed by atoms with Crippen LogP contribution in [0.1, 0.15) is 26.3 Å². The van der Waals surface area contributed by atoms with E-state index in [0.29, 0.717) is 0 Å². The van der Waals surface area contributed by atoms with E-state index in [-0.39, 0.29) is 11.1 Å². The molecule has 1 atom stereocenters. The van der Waals surface area contributed by atoms with Crippen molar-refractivity contribution in [3.8, 4) is 5.75 Å². The number of hydrogen-bond donors (Lipinski definition) is 1. The maximum absolute atomic E-state index is 6.01. The summed E-state index contributed by atoms with van der Waals surface area (Å²) in [5, 5.41) is 3.51. The molecule has 100 valence electrons. The Morgan fingerprint density at radius 2 is 2.11 bits per heavy atom. The summed E-state index contributed by atoms with van der Waals surface area (Å²) in [4.78, 5) is 0. The molecule has 0 amide bonds. The van der Waals surface area contributed by atoms with Crippen LogP contribution in [0.5, 0.6) is 5.75 Å².